The van der Waals surface area contributed by atoms with Gasteiger partial charge in [0.05, 0.1) is 0 Å². The minimum absolute atomic E-state index is 0.155. The Bertz CT molecular complexity index is 2470. The van der Waals surface area contributed by atoms with Gasteiger partial charge in [0, 0.05) is 29.6 Å². The van der Waals surface area contributed by atoms with Crippen LogP contribution in [0.5, 0.6) is 0 Å². The highest BCUT2D eigenvalue weighted by molar-refractivity contribution is 5.79. The Morgan fingerprint density at radius 2 is 0.509 bits per heavy atom. The number of rotatable bonds is 2. The van der Waals surface area contributed by atoms with Gasteiger partial charge in [0.2, 0.25) is 0 Å². The van der Waals surface area contributed by atoms with Crippen molar-refractivity contribution in [3.8, 4) is 0 Å². The van der Waals surface area contributed by atoms with E-state index in [1.165, 1.54) is 100 Å². The summed E-state index contributed by atoms with van der Waals surface area (Å²) in [4.78, 5) is 0. The zero-order valence-corrected chi connectivity index (χ0v) is 31.5. The predicted molar refractivity (Wildman–Crippen MR) is 218 cm³/mol. The molecule has 0 amide bonds. The van der Waals surface area contributed by atoms with Crippen molar-refractivity contribution < 1.29 is 0 Å². The van der Waals surface area contributed by atoms with Crippen LogP contribution in [0.15, 0.2) is 127 Å². The molecular formula is C53H44. The highest BCUT2D eigenvalue weighted by Gasteiger charge is 2.50. The van der Waals surface area contributed by atoms with Gasteiger partial charge in [0.25, 0.3) is 0 Å². The number of aryl methyl sites for hydroxylation is 6. The summed E-state index contributed by atoms with van der Waals surface area (Å²) in [5.74, 6) is 0.881. The van der Waals surface area contributed by atoms with E-state index in [0.717, 1.165) is 0 Å². The largest absolute Gasteiger partial charge is 0.0590 e. The van der Waals surface area contributed by atoms with E-state index in [1.807, 2.05) is 0 Å². The van der Waals surface area contributed by atoms with Gasteiger partial charge in [0.15, 0.2) is 0 Å². The minimum Gasteiger partial charge on any atom is -0.0590 e. The fourth-order valence-corrected chi connectivity index (χ4v) is 11.0. The monoisotopic (exact) mass is 680 g/mol. The van der Waals surface area contributed by atoms with E-state index >= 15 is 0 Å². The lowest BCUT2D eigenvalue weighted by atomic mass is 9.53. The maximum atomic E-state index is 2.72. The van der Waals surface area contributed by atoms with E-state index in [1.54, 1.807) is 16.7 Å². The van der Waals surface area contributed by atoms with Crippen molar-refractivity contribution >= 4 is 0 Å². The van der Waals surface area contributed by atoms with Crippen molar-refractivity contribution in [2.45, 2.75) is 71.1 Å². The van der Waals surface area contributed by atoms with Crippen molar-refractivity contribution in [2.75, 3.05) is 0 Å². The first kappa shape index (κ1) is 31.1. The minimum atomic E-state index is 0.155. The molecule has 0 heterocycles. The highest BCUT2D eigenvalue weighted by Crippen LogP contribution is 2.65. The second kappa shape index (κ2) is 11.0. The maximum absolute atomic E-state index is 2.72. The Balaban J connectivity index is 1.34. The lowest BCUT2D eigenvalue weighted by molar-refractivity contribution is 0.687. The molecule has 4 aliphatic carbocycles. The lowest BCUT2D eigenvalue weighted by Gasteiger charge is -2.50. The third-order valence-corrected chi connectivity index (χ3v) is 13.3. The summed E-state index contributed by atoms with van der Waals surface area (Å²) in [6.07, 6.45) is 0. The fourth-order valence-electron chi connectivity index (χ4n) is 11.0. The van der Waals surface area contributed by atoms with E-state index in [-0.39, 0.29) is 29.6 Å². The average molecular weight is 681 g/mol. The van der Waals surface area contributed by atoms with Crippen molar-refractivity contribution in [2.24, 2.45) is 0 Å². The Kier molecular flexibility index (Phi) is 6.47. The third-order valence-electron chi connectivity index (χ3n) is 13.3. The molecule has 4 unspecified atom stereocenters. The molecule has 0 heteroatoms. The van der Waals surface area contributed by atoms with Crippen LogP contribution in [0, 0.1) is 41.5 Å². The van der Waals surface area contributed by atoms with Crippen LogP contribution in [0.3, 0.4) is 0 Å². The number of hydrogen-bond donors (Lipinski definition) is 0. The van der Waals surface area contributed by atoms with Gasteiger partial charge in [-0.3, -0.25) is 0 Å². The molecule has 256 valence electrons. The van der Waals surface area contributed by atoms with E-state index in [4.69, 9.17) is 0 Å². The SMILES string of the molecule is Cc1ccc(C2c3ccc(C)cc3C3c4cc(C)ccc4C4c5ccc(C)cc5C5c6cc(C)ccc6C(c6ccc(C)cc6)c6cc2c3c4c65)cc1. The van der Waals surface area contributed by atoms with Crippen molar-refractivity contribution in [1.82, 2.24) is 0 Å². The van der Waals surface area contributed by atoms with Gasteiger partial charge in [-0.25, -0.2) is 0 Å². The van der Waals surface area contributed by atoms with Crippen LogP contribution in [0.4, 0.5) is 0 Å². The molecule has 7 aromatic rings. The van der Waals surface area contributed by atoms with Gasteiger partial charge in [-0.05, 0) is 125 Å². The molecule has 0 N–H and O–H groups in total. The summed E-state index contributed by atoms with van der Waals surface area (Å²) in [6, 6.07) is 51.0. The second-order valence-corrected chi connectivity index (χ2v) is 16.8. The van der Waals surface area contributed by atoms with Gasteiger partial charge in [-0.15, -0.1) is 0 Å². The number of benzene rings is 7. The fraction of sp³-hybridized carbons (Fsp3) is 0.208. The standard InChI is InChI=1S/C53H44/c1-28-7-15-34(16-8-28)46-36-19-11-30(3)23-40(36)49-42-25-32(5)13-21-38(42)48-39-22-14-33(6)26-43(39)50-41-24-31(4)12-20-37(41)47(35-17-9-29(2)10-18-35)45-27-44(46)51(49)53(48)52(45)50/h7-27,46-50H,1-6H3. The maximum Gasteiger partial charge on any atom is 0.0352 e. The Labute approximate surface area is 314 Å². The number of hydrogen-bond acceptors (Lipinski definition) is 0. The summed E-state index contributed by atoms with van der Waals surface area (Å²) in [5.41, 5.74) is 30.3. The van der Waals surface area contributed by atoms with Gasteiger partial charge in [-0.1, -0.05) is 161 Å². The van der Waals surface area contributed by atoms with Crippen LogP contribution in [0.2, 0.25) is 0 Å². The molecule has 0 aromatic heterocycles. The first-order valence-electron chi connectivity index (χ1n) is 19.5. The van der Waals surface area contributed by atoms with Crippen LogP contribution in [-0.4, -0.2) is 0 Å². The zero-order valence-electron chi connectivity index (χ0n) is 31.5. The molecular weight excluding hydrogens is 637 g/mol. The van der Waals surface area contributed by atoms with Crippen LogP contribution >= 0.6 is 0 Å². The second-order valence-electron chi connectivity index (χ2n) is 16.8. The normalized spacial score (nSPS) is 20.8. The summed E-state index contributed by atoms with van der Waals surface area (Å²) in [7, 11) is 0. The molecule has 0 radical (unpaired) electrons. The Morgan fingerprint density at radius 1 is 0.226 bits per heavy atom. The molecule has 0 saturated carbocycles. The predicted octanol–water partition coefficient (Wildman–Crippen LogP) is 12.7. The van der Waals surface area contributed by atoms with E-state index in [2.05, 4.69) is 169 Å². The van der Waals surface area contributed by atoms with Gasteiger partial charge >= 0.3 is 0 Å². The average Bonchev–Trinajstić information content (AvgIpc) is 3.15. The van der Waals surface area contributed by atoms with E-state index < -0.39 is 0 Å². The number of fused-ring (bicyclic) bond motifs is 10. The lowest BCUT2D eigenvalue weighted by Crippen LogP contribution is -2.35. The van der Waals surface area contributed by atoms with Crippen LogP contribution < -0.4 is 0 Å². The van der Waals surface area contributed by atoms with Crippen LogP contribution in [0.1, 0.15) is 146 Å². The summed E-state index contributed by atoms with van der Waals surface area (Å²) in [6.45, 7) is 13.5. The van der Waals surface area contributed by atoms with E-state index in [9.17, 15) is 0 Å². The molecule has 0 nitrogen and oxygen atoms in total. The van der Waals surface area contributed by atoms with Crippen molar-refractivity contribution in [3.63, 3.8) is 0 Å². The smallest absolute Gasteiger partial charge is 0.0352 e. The quantitative estimate of drug-likeness (QED) is 0.170. The molecule has 0 spiro atoms. The molecule has 0 aliphatic heterocycles. The molecule has 0 saturated heterocycles. The van der Waals surface area contributed by atoms with Crippen LogP contribution in [0.25, 0.3) is 0 Å². The Hall–Kier alpha value is -5.46. The third kappa shape index (κ3) is 4.30. The van der Waals surface area contributed by atoms with Crippen molar-refractivity contribution in [1.29, 1.82) is 0 Å². The van der Waals surface area contributed by atoms with Crippen molar-refractivity contribution in [3.05, 3.63) is 244 Å². The Morgan fingerprint density at radius 3 is 0.849 bits per heavy atom. The molecule has 0 bridgehead atoms. The first-order chi connectivity index (χ1) is 25.7. The molecule has 0 fully saturated rings. The topological polar surface area (TPSA) is 0 Å². The summed E-state index contributed by atoms with van der Waals surface area (Å²) < 4.78 is 0. The molecule has 11 rings (SSSR count). The molecule has 4 atom stereocenters. The summed E-state index contributed by atoms with van der Waals surface area (Å²) in [5, 5.41) is 0. The van der Waals surface area contributed by atoms with Gasteiger partial charge in [0.1, 0.15) is 0 Å². The molecule has 4 aliphatic rings. The highest BCUT2D eigenvalue weighted by atomic mass is 14.5. The van der Waals surface area contributed by atoms with Gasteiger partial charge in [-0.2, -0.15) is 0 Å². The van der Waals surface area contributed by atoms with Crippen LogP contribution in [-0.2, 0) is 0 Å². The molecule has 53 heavy (non-hydrogen) atoms. The first-order valence-corrected chi connectivity index (χ1v) is 19.5. The van der Waals surface area contributed by atoms with Gasteiger partial charge < -0.3 is 0 Å². The van der Waals surface area contributed by atoms with E-state index in [0.29, 0.717) is 0 Å². The zero-order chi connectivity index (χ0) is 35.9. The molecule has 7 aromatic carbocycles. The summed E-state index contributed by atoms with van der Waals surface area (Å²) >= 11 is 0.